The average Bonchev–Trinajstić information content (AvgIpc) is 2.14. The molecule has 0 aromatic carbocycles. The lowest BCUT2D eigenvalue weighted by Crippen LogP contribution is -2.51. The maximum absolute atomic E-state index is 11.4. The number of carbonyl (C=O) groups is 1. The number of carbonyl (C=O) groups excluding carboxylic acids is 1. The summed E-state index contributed by atoms with van der Waals surface area (Å²) in [6, 6.07) is 0.251. The van der Waals surface area contributed by atoms with Gasteiger partial charge in [-0.25, -0.2) is 10.2 Å². The predicted molar refractivity (Wildman–Crippen MR) is 60.9 cm³/mol. The molecule has 2 atom stereocenters. The summed E-state index contributed by atoms with van der Waals surface area (Å²) in [5.41, 5.74) is 5.10. The molecule has 1 aliphatic rings. The van der Waals surface area contributed by atoms with Crippen molar-refractivity contribution in [2.24, 2.45) is 5.92 Å². The molecule has 0 spiro atoms. The molecule has 1 heterocycles. The third kappa shape index (κ3) is 4.81. The minimum absolute atomic E-state index is 0.251. The molecule has 0 radical (unpaired) electrons. The number of ether oxygens (including phenoxy) is 2. The van der Waals surface area contributed by atoms with E-state index in [-0.39, 0.29) is 6.04 Å². The SMILES string of the molecule is CC1COCCC1NNC(=O)OC(C)(C)C. The third-order valence-electron chi connectivity index (χ3n) is 2.40. The largest absolute Gasteiger partial charge is 0.443 e. The van der Waals surface area contributed by atoms with E-state index in [1.54, 1.807) is 0 Å². The van der Waals surface area contributed by atoms with E-state index < -0.39 is 11.7 Å². The van der Waals surface area contributed by atoms with Crippen LogP contribution < -0.4 is 10.9 Å². The molecule has 0 saturated carbocycles. The second-order valence-electron chi connectivity index (χ2n) is 5.22. The number of hydrogen-bond acceptors (Lipinski definition) is 4. The van der Waals surface area contributed by atoms with E-state index >= 15 is 0 Å². The summed E-state index contributed by atoms with van der Waals surface area (Å²) in [4.78, 5) is 11.4. The first-order chi connectivity index (χ1) is 7.38. The van der Waals surface area contributed by atoms with Gasteiger partial charge in [0.15, 0.2) is 0 Å². The standard InChI is InChI=1S/C11H22N2O3/c1-8-7-15-6-5-9(8)12-13-10(14)16-11(2,3)4/h8-9,12H,5-7H2,1-4H3,(H,13,14). The van der Waals surface area contributed by atoms with Crippen LogP contribution in [0.25, 0.3) is 0 Å². The van der Waals surface area contributed by atoms with Crippen LogP contribution in [0.15, 0.2) is 0 Å². The Morgan fingerprint density at radius 3 is 2.69 bits per heavy atom. The number of nitrogens with one attached hydrogen (secondary N) is 2. The lowest BCUT2D eigenvalue weighted by atomic mass is 9.99. The molecule has 1 aliphatic heterocycles. The summed E-state index contributed by atoms with van der Waals surface area (Å²) < 4.78 is 10.4. The van der Waals surface area contributed by atoms with E-state index in [1.807, 2.05) is 20.8 Å². The highest BCUT2D eigenvalue weighted by Gasteiger charge is 2.23. The minimum Gasteiger partial charge on any atom is -0.443 e. The Labute approximate surface area is 96.8 Å². The Bertz CT molecular complexity index is 238. The van der Waals surface area contributed by atoms with Crippen molar-refractivity contribution in [3.05, 3.63) is 0 Å². The van der Waals surface area contributed by atoms with E-state index in [2.05, 4.69) is 17.8 Å². The number of amides is 1. The van der Waals surface area contributed by atoms with Gasteiger partial charge in [0.05, 0.1) is 6.61 Å². The monoisotopic (exact) mass is 230 g/mol. The van der Waals surface area contributed by atoms with Crippen LogP contribution in [0, 0.1) is 5.92 Å². The molecule has 94 valence electrons. The van der Waals surface area contributed by atoms with Crippen molar-refractivity contribution in [3.8, 4) is 0 Å². The van der Waals surface area contributed by atoms with Crippen molar-refractivity contribution < 1.29 is 14.3 Å². The molecule has 1 amide bonds. The van der Waals surface area contributed by atoms with Gasteiger partial charge in [0, 0.05) is 12.6 Å². The van der Waals surface area contributed by atoms with Crippen LogP contribution in [0.4, 0.5) is 4.79 Å². The van der Waals surface area contributed by atoms with Gasteiger partial charge in [-0.1, -0.05) is 6.92 Å². The Balaban J connectivity index is 2.25. The lowest BCUT2D eigenvalue weighted by molar-refractivity contribution is 0.0254. The Hall–Kier alpha value is -0.810. The molecule has 0 aromatic rings. The summed E-state index contributed by atoms with van der Waals surface area (Å²) in [5.74, 6) is 0.392. The zero-order chi connectivity index (χ0) is 12.2. The number of hydrogen-bond donors (Lipinski definition) is 2. The van der Waals surface area contributed by atoms with Crippen molar-refractivity contribution >= 4 is 6.09 Å². The van der Waals surface area contributed by atoms with Gasteiger partial charge in [-0.2, -0.15) is 0 Å². The van der Waals surface area contributed by atoms with E-state index in [4.69, 9.17) is 9.47 Å². The third-order valence-corrected chi connectivity index (χ3v) is 2.40. The maximum atomic E-state index is 11.4. The highest BCUT2D eigenvalue weighted by Crippen LogP contribution is 2.13. The second-order valence-corrected chi connectivity index (χ2v) is 5.22. The maximum Gasteiger partial charge on any atom is 0.422 e. The van der Waals surface area contributed by atoms with Gasteiger partial charge >= 0.3 is 6.09 Å². The summed E-state index contributed by atoms with van der Waals surface area (Å²) in [6.45, 7) is 9.07. The van der Waals surface area contributed by atoms with Gasteiger partial charge in [0.2, 0.25) is 0 Å². The van der Waals surface area contributed by atoms with Crippen molar-refractivity contribution in [2.45, 2.75) is 45.8 Å². The van der Waals surface area contributed by atoms with Gasteiger partial charge in [-0.15, -0.1) is 0 Å². The summed E-state index contributed by atoms with van der Waals surface area (Å²) in [6.07, 6.45) is 0.461. The van der Waals surface area contributed by atoms with E-state index in [0.717, 1.165) is 19.6 Å². The van der Waals surface area contributed by atoms with E-state index in [9.17, 15) is 4.79 Å². The fraction of sp³-hybridized carbons (Fsp3) is 0.909. The van der Waals surface area contributed by atoms with Crippen molar-refractivity contribution in [1.29, 1.82) is 0 Å². The molecule has 0 bridgehead atoms. The smallest absolute Gasteiger partial charge is 0.422 e. The molecule has 1 saturated heterocycles. The van der Waals surface area contributed by atoms with Gasteiger partial charge in [-0.05, 0) is 33.1 Å². The summed E-state index contributed by atoms with van der Waals surface area (Å²) in [7, 11) is 0. The van der Waals surface area contributed by atoms with Crippen molar-refractivity contribution in [3.63, 3.8) is 0 Å². The molecule has 16 heavy (non-hydrogen) atoms. The van der Waals surface area contributed by atoms with Crippen LogP contribution in [0.3, 0.4) is 0 Å². The Morgan fingerprint density at radius 1 is 1.44 bits per heavy atom. The lowest BCUT2D eigenvalue weighted by Gasteiger charge is -2.30. The fourth-order valence-electron chi connectivity index (χ4n) is 1.55. The minimum atomic E-state index is -0.465. The zero-order valence-electron chi connectivity index (χ0n) is 10.5. The molecule has 0 aromatic heterocycles. The topological polar surface area (TPSA) is 59.6 Å². The molecule has 2 unspecified atom stereocenters. The first-order valence-corrected chi connectivity index (χ1v) is 5.71. The average molecular weight is 230 g/mol. The van der Waals surface area contributed by atoms with Crippen molar-refractivity contribution in [1.82, 2.24) is 10.9 Å². The van der Waals surface area contributed by atoms with Crippen LogP contribution in [0.2, 0.25) is 0 Å². The fourth-order valence-corrected chi connectivity index (χ4v) is 1.55. The number of rotatable bonds is 2. The molecule has 5 nitrogen and oxygen atoms in total. The summed E-state index contributed by atoms with van der Waals surface area (Å²) >= 11 is 0. The first-order valence-electron chi connectivity index (χ1n) is 5.71. The van der Waals surface area contributed by atoms with Crippen LogP contribution >= 0.6 is 0 Å². The summed E-state index contributed by atoms with van der Waals surface area (Å²) in [5, 5.41) is 0. The van der Waals surface area contributed by atoms with E-state index in [1.165, 1.54) is 0 Å². The van der Waals surface area contributed by atoms with Gasteiger partial charge in [0.25, 0.3) is 0 Å². The first kappa shape index (κ1) is 13.3. The molecular weight excluding hydrogens is 208 g/mol. The van der Waals surface area contributed by atoms with Gasteiger partial charge < -0.3 is 9.47 Å². The second kappa shape index (κ2) is 5.50. The Morgan fingerprint density at radius 2 is 2.12 bits per heavy atom. The molecule has 0 aliphatic carbocycles. The van der Waals surface area contributed by atoms with E-state index in [0.29, 0.717) is 5.92 Å². The van der Waals surface area contributed by atoms with Gasteiger partial charge in [-0.3, -0.25) is 5.43 Å². The molecule has 1 fully saturated rings. The quantitative estimate of drug-likeness (QED) is 0.705. The normalized spacial score (nSPS) is 26.2. The van der Waals surface area contributed by atoms with Crippen molar-refractivity contribution in [2.75, 3.05) is 13.2 Å². The molecule has 1 rings (SSSR count). The number of hydrazine groups is 1. The van der Waals surface area contributed by atoms with Crippen LogP contribution in [0.1, 0.15) is 34.1 Å². The highest BCUT2D eigenvalue weighted by molar-refractivity contribution is 5.67. The zero-order valence-corrected chi connectivity index (χ0v) is 10.5. The van der Waals surface area contributed by atoms with Crippen LogP contribution in [-0.2, 0) is 9.47 Å². The molecular formula is C11H22N2O3. The van der Waals surface area contributed by atoms with Gasteiger partial charge in [0.1, 0.15) is 5.60 Å². The Kier molecular flexibility index (Phi) is 4.56. The highest BCUT2D eigenvalue weighted by atomic mass is 16.6. The van der Waals surface area contributed by atoms with Crippen LogP contribution in [-0.4, -0.2) is 30.9 Å². The molecule has 5 heteroatoms. The van der Waals surface area contributed by atoms with Crippen LogP contribution in [0.5, 0.6) is 0 Å². The molecule has 2 N–H and O–H groups in total. The predicted octanol–water partition coefficient (Wildman–Crippen LogP) is 1.44.